The van der Waals surface area contributed by atoms with Crippen LogP contribution in [-0.2, 0) is 12.1 Å². The molecule has 0 spiro atoms. The molecule has 39 heavy (non-hydrogen) atoms. The highest BCUT2D eigenvalue weighted by Gasteiger charge is 2.46. The number of halogens is 4. The normalized spacial score (nSPS) is 15.0. The van der Waals surface area contributed by atoms with E-state index in [1.54, 1.807) is 32.0 Å². The van der Waals surface area contributed by atoms with Gasteiger partial charge < -0.3 is 14.8 Å². The lowest BCUT2D eigenvalue weighted by Crippen LogP contribution is -2.36. The zero-order chi connectivity index (χ0) is 27.9. The number of anilines is 2. The van der Waals surface area contributed by atoms with Crippen LogP contribution < -0.4 is 15.8 Å². The summed E-state index contributed by atoms with van der Waals surface area (Å²) in [5.41, 5.74) is -0.280. The number of hydrogen-bond donors (Lipinski definition) is 1. The highest BCUT2D eigenvalue weighted by molar-refractivity contribution is 5.96. The van der Waals surface area contributed by atoms with Crippen molar-refractivity contribution in [3.05, 3.63) is 93.4 Å². The summed E-state index contributed by atoms with van der Waals surface area (Å²) < 4.78 is 57.2. The van der Waals surface area contributed by atoms with Crippen LogP contribution in [-0.4, -0.2) is 28.3 Å². The first-order valence-electron chi connectivity index (χ1n) is 12.7. The first-order valence-corrected chi connectivity index (χ1v) is 12.7. The maximum Gasteiger partial charge on any atom is 0.276 e. The van der Waals surface area contributed by atoms with Crippen molar-refractivity contribution in [2.45, 2.75) is 51.2 Å². The molecule has 1 N–H and O–H groups in total. The van der Waals surface area contributed by atoms with Crippen LogP contribution in [0.5, 0.6) is 0 Å². The second-order valence-corrected chi connectivity index (χ2v) is 10.2. The third-order valence-electron chi connectivity index (χ3n) is 7.31. The van der Waals surface area contributed by atoms with Crippen molar-refractivity contribution in [3.8, 4) is 0 Å². The monoisotopic (exact) mass is 539 g/mol. The number of aryl methyl sites for hydroxylation is 1. The average molecular weight is 540 g/mol. The van der Waals surface area contributed by atoms with Crippen LogP contribution in [0.25, 0.3) is 10.9 Å². The second-order valence-electron chi connectivity index (χ2n) is 10.2. The zero-order valence-electron chi connectivity index (χ0n) is 21.9. The molecule has 1 aliphatic carbocycles. The third kappa shape index (κ3) is 4.95. The lowest BCUT2D eigenvalue weighted by Gasteiger charge is -2.25. The Labute approximate surface area is 223 Å². The molecular weight excluding hydrogens is 510 g/mol. The summed E-state index contributed by atoms with van der Waals surface area (Å²) in [5, 5.41) is 3.59. The molecule has 1 unspecified atom stereocenters. The van der Waals surface area contributed by atoms with Gasteiger partial charge in [0, 0.05) is 25.4 Å². The van der Waals surface area contributed by atoms with Gasteiger partial charge in [-0.15, -0.1) is 0 Å². The SMILES string of the molecule is Cc1nc(NC(C)c2cccc(C(F)F)c2F)c2cn(C3(CF)CC3)c(=O)c(N(C)Cc3ccccc3)c2n1. The van der Waals surface area contributed by atoms with Crippen LogP contribution in [0.3, 0.4) is 0 Å². The van der Waals surface area contributed by atoms with Crippen LogP contribution in [0, 0.1) is 12.7 Å². The summed E-state index contributed by atoms with van der Waals surface area (Å²) in [6, 6.07) is 12.7. The largest absolute Gasteiger partial charge is 0.364 e. The first kappa shape index (κ1) is 26.6. The minimum Gasteiger partial charge on any atom is -0.364 e. The van der Waals surface area contributed by atoms with Crippen molar-refractivity contribution in [1.29, 1.82) is 0 Å². The van der Waals surface area contributed by atoms with Crippen LogP contribution in [0.1, 0.15) is 54.7 Å². The molecule has 204 valence electrons. The molecule has 10 heteroatoms. The summed E-state index contributed by atoms with van der Waals surface area (Å²) in [6.45, 7) is 3.02. The number of fused-ring (bicyclic) bond motifs is 1. The molecule has 0 radical (unpaired) electrons. The van der Waals surface area contributed by atoms with E-state index in [0.29, 0.717) is 47.6 Å². The highest BCUT2D eigenvalue weighted by Crippen LogP contribution is 2.44. The zero-order valence-corrected chi connectivity index (χ0v) is 21.9. The number of aromatic nitrogens is 3. The molecule has 1 saturated carbocycles. The molecule has 0 amide bonds. The van der Waals surface area contributed by atoms with E-state index in [2.05, 4.69) is 15.3 Å². The van der Waals surface area contributed by atoms with Gasteiger partial charge in [0.15, 0.2) is 0 Å². The van der Waals surface area contributed by atoms with Crippen LogP contribution in [0.4, 0.5) is 29.1 Å². The first-order chi connectivity index (χ1) is 18.6. The standard InChI is InChI=1S/C29H29F4N5O/c1-17(20-10-7-11-21(23(20)31)26(32)33)34-27-22-15-38(29(16-30)12-13-29)28(39)25(24(22)35-18(2)36-27)37(3)14-19-8-5-4-6-9-19/h4-11,15,17,26H,12-14,16H2,1-3H3,(H,34,35,36). The quantitative estimate of drug-likeness (QED) is 0.248. The van der Waals surface area contributed by atoms with Gasteiger partial charge in [-0.25, -0.2) is 27.5 Å². The summed E-state index contributed by atoms with van der Waals surface area (Å²) >= 11 is 0. The number of hydrogen-bond acceptors (Lipinski definition) is 5. The Hall–Kier alpha value is -3.95. The van der Waals surface area contributed by atoms with Gasteiger partial charge in [-0.1, -0.05) is 48.5 Å². The minimum atomic E-state index is -2.95. The maximum atomic E-state index is 14.9. The van der Waals surface area contributed by atoms with E-state index >= 15 is 0 Å². The summed E-state index contributed by atoms with van der Waals surface area (Å²) in [6.07, 6.45) is -0.348. The van der Waals surface area contributed by atoms with Crippen molar-refractivity contribution in [2.24, 2.45) is 0 Å². The Morgan fingerprint density at radius 3 is 2.41 bits per heavy atom. The van der Waals surface area contributed by atoms with E-state index in [4.69, 9.17) is 0 Å². The molecule has 2 aromatic carbocycles. The van der Waals surface area contributed by atoms with Crippen molar-refractivity contribution in [3.63, 3.8) is 0 Å². The fraction of sp³-hybridized carbons (Fsp3) is 0.345. The van der Waals surface area contributed by atoms with Gasteiger partial charge in [0.1, 0.15) is 35.3 Å². The van der Waals surface area contributed by atoms with E-state index in [-0.39, 0.29) is 11.1 Å². The molecule has 4 aromatic rings. The molecule has 5 rings (SSSR count). The van der Waals surface area contributed by atoms with Crippen LogP contribution >= 0.6 is 0 Å². The third-order valence-corrected chi connectivity index (χ3v) is 7.31. The smallest absolute Gasteiger partial charge is 0.276 e. The molecule has 2 aromatic heterocycles. The van der Waals surface area contributed by atoms with E-state index in [0.717, 1.165) is 11.6 Å². The Balaban J connectivity index is 1.66. The van der Waals surface area contributed by atoms with Gasteiger partial charge in [-0.05, 0) is 32.3 Å². The molecule has 0 aliphatic heterocycles. The molecule has 0 saturated heterocycles. The lowest BCUT2D eigenvalue weighted by molar-refractivity contribution is 0.146. The van der Waals surface area contributed by atoms with Crippen LogP contribution in [0.2, 0.25) is 0 Å². The Kier molecular flexibility index (Phi) is 7.05. The van der Waals surface area contributed by atoms with E-state index in [9.17, 15) is 22.4 Å². The maximum absolute atomic E-state index is 14.9. The topological polar surface area (TPSA) is 63.1 Å². The minimum absolute atomic E-state index is 0.0503. The Morgan fingerprint density at radius 2 is 1.77 bits per heavy atom. The predicted octanol–water partition coefficient (Wildman–Crippen LogP) is 6.44. The van der Waals surface area contributed by atoms with Gasteiger partial charge in [0.05, 0.1) is 22.5 Å². The predicted molar refractivity (Wildman–Crippen MR) is 144 cm³/mol. The van der Waals surface area contributed by atoms with E-state index in [1.807, 2.05) is 30.3 Å². The molecule has 6 nitrogen and oxygen atoms in total. The van der Waals surface area contributed by atoms with Crippen molar-refractivity contribution >= 4 is 22.4 Å². The Morgan fingerprint density at radius 1 is 1.08 bits per heavy atom. The molecular formula is C29H29F4N5O. The summed E-state index contributed by atoms with van der Waals surface area (Å²) in [4.78, 5) is 24.7. The molecule has 1 fully saturated rings. The number of benzene rings is 2. The van der Waals surface area contributed by atoms with Gasteiger partial charge in [0.25, 0.3) is 12.0 Å². The highest BCUT2D eigenvalue weighted by atomic mass is 19.3. The van der Waals surface area contributed by atoms with Gasteiger partial charge in [-0.3, -0.25) is 4.79 Å². The summed E-state index contributed by atoms with van der Waals surface area (Å²) in [7, 11) is 1.78. The number of nitrogens with one attached hydrogen (secondary N) is 1. The molecule has 1 aliphatic rings. The molecule has 0 bridgehead atoms. The molecule has 1 atom stereocenters. The van der Waals surface area contributed by atoms with Gasteiger partial charge >= 0.3 is 0 Å². The Bertz CT molecular complexity index is 1570. The van der Waals surface area contributed by atoms with Gasteiger partial charge in [0.2, 0.25) is 0 Å². The fourth-order valence-electron chi connectivity index (χ4n) is 4.97. The fourth-order valence-corrected chi connectivity index (χ4v) is 4.97. The number of alkyl halides is 3. The molecule has 2 heterocycles. The van der Waals surface area contributed by atoms with Gasteiger partial charge in [-0.2, -0.15) is 0 Å². The van der Waals surface area contributed by atoms with Crippen molar-refractivity contribution in [1.82, 2.24) is 14.5 Å². The average Bonchev–Trinajstić information content (AvgIpc) is 3.70. The van der Waals surface area contributed by atoms with Crippen molar-refractivity contribution < 1.29 is 17.6 Å². The van der Waals surface area contributed by atoms with E-state index < -0.39 is 36.1 Å². The van der Waals surface area contributed by atoms with E-state index in [1.165, 1.54) is 16.7 Å². The number of nitrogens with zero attached hydrogens (tertiary/aromatic N) is 4. The summed E-state index contributed by atoms with van der Waals surface area (Å²) in [5.74, 6) is -0.334. The van der Waals surface area contributed by atoms with Crippen molar-refractivity contribution in [2.75, 3.05) is 23.9 Å². The number of pyridine rings is 1. The van der Waals surface area contributed by atoms with Crippen LogP contribution in [0.15, 0.2) is 59.5 Å². The number of rotatable bonds is 9. The second kappa shape index (κ2) is 10.3. The lowest BCUT2D eigenvalue weighted by atomic mass is 10.0.